The highest BCUT2D eigenvalue weighted by Gasteiger charge is 2.29. The van der Waals surface area contributed by atoms with Crippen molar-refractivity contribution in [2.24, 2.45) is 0 Å². The molecular formula is C15H17N3O5. The number of carbonyl (C=O) groups is 3. The van der Waals surface area contributed by atoms with Crippen LogP contribution in [-0.4, -0.2) is 66.8 Å². The maximum atomic E-state index is 12.4. The summed E-state index contributed by atoms with van der Waals surface area (Å²) in [5, 5.41) is 11.7. The molecule has 23 heavy (non-hydrogen) atoms. The van der Waals surface area contributed by atoms with Crippen molar-refractivity contribution in [3.8, 4) is 0 Å². The van der Waals surface area contributed by atoms with Gasteiger partial charge in [0.1, 0.15) is 0 Å². The van der Waals surface area contributed by atoms with Crippen LogP contribution < -0.4 is 10.2 Å². The Balaban J connectivity index is 1.70. The summed E-state index contributed by atoms with van der Waals surface area (Å²) in [7, 11) is 0. The van der Waals surface area contributed by atoms with E-state index in [1.54, 1.807) is 29.2 Å². The van der Waals surface area contributed by atoms with Crippen LogP contribution in [-0.2, 0) is 9.53 Å². The second-order valence-corrected chi connectivity index (χ2v) is 5.38. The third-order valence-electron chi connectivity index (χ3n) is 3.91. The first-order valence-electron chi connectivity index (χ1n) is 7.35. The molecule has 0 aliphatic carbocycles. The molecule has 1 unspecified atom stereocenters. The van der Waals surface area contributed by atoms with Crippen LogP contribution in [0.4, 0.5) is 10.5 Å². The molecule has 122 valence electrons. The SMILES string of the molecule is O=C(O)C1CN(C(=O)c2ccc(N3CCNC3=O)cc2)CCO1. The number of carboxylic acids is 1. The van der Waals surface area contributed by atoms with Gasteiger partial charge in [0.25, 0.3) is 5.91 Å². The Morgan fingerprint density at radius 3 is 2.57 bits per heavy atom. The number of ether oxygens (including phenoxy) is 1. The van der Waals surface area contributed by atoms with Crippen LogP contribution in [0.25, 0.3) is 0 Å². The Morgan fingerprint density at radius 2 is 1.96 bits per heavy atom. The lowest BCUT2D eigenvalue weighted by Gasteiger charge is -2.31. The van der Waals surface area contributed by atoms with Gasteiger partial charge in [-0.1, -0.05) is 0 Å². The lowest BCUT2D eigenvalue weighted by atomic mass is 10.1. The van der Waals surface area contributed by atoms with Gasteiger partial charge in [0.15, 0.2) is 6.10 Å². The average Bonchev–Trinajstić information content (AvgIpc) is 3.00. The Hall–Kier alpha value is -2.61. The molecule has 0 spiro atoms. The van der Waals surface area contributed by atoms with Crippen LogP contribution >= 0.6 is 0 Å². The standard InChI is InChI=1S/C15H17N3O5/c19-13(17-7-8-23-12(9-17)14(20)21)10-1-3-11(4-2-10)18-6-5-16-15(18)22/h1-4,12H,5-9H2,(H,16,22)(H,20,21). The molecule has 2 saturated heterocycles. The van der Waals surface area contributed by atoms with Gasteiger partial charge in [0.05, 0.1) is 13.2 Å². The second kappa shape index (κ2) is 6.25. The second-order valence-electron chi connectivity index (χ2n) is 5.38. The fourth-order valence-corrected chi connectivity index (χ4v) is 2.67. The molecule has 0 saturated carbocycles. The number of anilines is 1. The minimum atomic E-state index is -1.07. The molecule has 2 fully saturated rings. The van der Waals surface area contributed by atoms with Crippen LogP contribution in [0.15, 0.2) is 24.3 Å². The van der Waals surface area contributed by atoms with Gasteiger partial charge in [0, 0.05) is 30.9 Å². The summed E-state index contributed by atoms with van der Waals surface area (Å²) in [6.07, 6.45) is -0.986. The molecule has 2 N–H and O–H groups in total. The van der Waals surface area contributed by atoms with Gasteiger partial charge >= 0.3 is 12.0 Å². The quantitative estimate of drug-likeness (QED) is 0.826. The minimum absolute atomic E-state index is 0.0322. The van der Waals surface area contributed by atoms with Gasteiger partial charge in [-0.2, -0.15) is 0 Å². The molecule has 1 aromatic rings. The molecule has 8 heteroatoms. The smallest absolute Gasteiger partial charge is 0.334 e. The number of benzene rings is 1. The first-order valence-corrected chi connectivity index (χ1v) is 7.35. The van der Waals surface area contributed by atoms with E-state index >= 15 is 0 Å². The highest BCUT2D eigenvalue weighted by atomic mass is 16.5. The van der Waals surface area contributed by atoms with Gasteiger partial charge in [-0.15, -0.1) is 0 Å². The van der Waals surface area contributed by atoms with Gasteiger partial charge in [0.2, 0.25) is 0 Å². The molecule has 1 atom stereocenters. The normalized spacial score (nSPS) is 21.2. The summed E-state index contributed by atoms with van der Waals surface area (Å²) in [6, 6.07) is 6.57. The van der Waals surface area contributed by atoms with Crippen molar-refractivity contribution in [2.75, 3.05) is 37.7 Å². The van der Waals surface area contributed by atoms with Gasteiger partial charge in [-0.3, -0.25) is 9.69 Å². The third-order valence-corrected chi connectivity index (χ3v) is 3.91. The first kappa shape index (κ1) is 15.3. The van der Waals surface area contributed by atoms with E-state index in [9.17, 15) is 14.4 Å². The fraction of sp³-hybridized carbons (Fsp3) is 0.400. The van der Waals surface area contributed by atoms with E-state index in [0.29, 0.717) is 25.2 Å². The third kappa shape index (κ3) is 3.11. The summed E-state index contributed by atoms with van der Waals surface area (Å²) in [5.41, 5.74) is 1.18. The number of carbonyl (C=O) groups excluding carboxylic acids is 2. The lowest BCUT2D eigenvalue weighted by Crippen LogP contribution is -2.48. The predicted octanol–water partition coefficient (Wildman–Crippen LogP) is 0.142. The molecular weight excluding hydrogens is 302 g/mol. The number of urea groups is 1. The molecule has 0 bridgehead atoms. The van der Waals surface area contributed by atoms with Gasteiger partial charge < -0.3 is 20.1 Å². The topological polar surface area (TPSA) is 99.2 Å². The van der Waals surface area contributed by atoms with Crippen LogP contribution in [0, 0.1) is 0 Å². The Labute approximate surface area is 132 Å². The molecule has 2 heterocycles. The predicted molar refractivity (Wildman–Crippen MR) is 80.5 cm³/mol. The van der Waals surface area contributed by atoms with Crippen molar-refractivity contribution in [3.63, 3.8) is 0 Å². The van der Waals surface area contributed by atoms with Gasteiger partial charge in [-0.05, 0) is 24.3 Å². The van der Waals surface area contributed by atoms with Crippen LogP contribution in [0.5, 0.6) is 0 Å². The van der Waals surface area contributed by atoms with E-state index in [1.807, 2.05) is 0 Å². The van der Waals surface area contributed by atoms with Crippen molar-refractivity contribution in [3.05, 3.63) is 29.8 Å². The largest absolute Gasteiger partial charge is 0.479 e. The number of nitrogens with zero attached hydrogens (tertiary/aromatic N) is 2. The van der Waals surface area contributed by atoms with Crippen molar-refractivity contribution in [2.45, 2.75) is 6.10 Å². The number of morpholine rings is 1. The van der Waals surface area contributed by atoms with Crippen molar-refractivity contribution < 1.29 is 24.2 Å². The van der Waals surface area contributed by atoms with Gasteiger partial charge in [-0.25, -0.2) is 9.59 Å². The van der Waals surface area contributed by atoms with Crippen molar-refractivity contribution in [1.29, 1.82) is 0 Å². The summed E-state index contributed by atoms with van der Waals surface area (Å²) < 4.78 is 5.11. The maximum absolute atomic E-state index is 12.4. The Bertz CT molecular complexity index is 631. The van der Waals surface area contributed by atoms with Crippen molar-refractivity contribution >= 4 is 23.6 Å². The van der Waals surface area contributed by atoms with Crippen molar-refractivity contribution in [1.82, 2.24) is 10.2 Å². The average molecular weight is 319 g/mol. The van der Waals surface area contributed by atoms with E-state index in [2.05, 4.69) is 5.32 Å². The molecule has 1 aromatic carbocycles. The summed E-state index contributed by atoms with van der Waals surface area (Å²) in [5.74, 6) is -1.31. The molecule has 3 rings (SSSR count). The monoisotopic (exact) mass is 319 g/mol. The first-order chi connectivity index (χ1) is 11.1. The maximum Gasteiger partial charge on any atom is 0.334 e. The highest BCUT2D eigenvalue weighted by Crippen LogP contribution is 2.19. The van der Waals surface area contributed by atoms with Crippen LogP contribution in [0.2, 0.25) is 0 Å². The molecule has 3 amide bonds. The number of amides is 3. The number of hydrogen-bond donors (Lipinski definition) is 2. The number of aliphatic carboxylic acids is 1. The zero-order valence-corrected chi connectivity index (χ0v) is 12.4. The zero-order chi connectivity index (χ0) is 16.4. The molecule has 0 radical (unpaired) electrons. The fourth-order valence-electron chi connectivity index (χ4n) is 2.67. The van der Waals surface area contributed by atoms with E-state index < -0.39 is 12.1 Å². The number of nitrogens with one attached hydrogen (secondary N) is 1. The minimum Gasteiger partial charge on any atom is -0.479 e. The molecule has 2 aliphatic rings. The van der Waals surface area contributed by atoms with E-state index in [4.69, 9.17) is 9.84 Å². The van der Waals surface area contributed by atoms with Crippen LogP contribution in [0.3, 0.4) is 0 Å². The van der Waals surface area contributed by atoms with E-state index in [1.165, 1.54) is 4.90 Å². The Kier molecular flexibility index (Phi) is 4.16. The highest BCUT2D eigenvalue weighted by molar-refractivity contribution is 5.97. The summed E-state index contributed by atoms with van der Waals surface area (Å²) >= 11 is 0. The molecule has 8 nitrogen and oxygen atoms in total. The molecule has 2 aliphatic heterocycles. The van der Waals surface area contributed by atoms with E-state index in [-0.39, 0.29) is 25.1 Å². The lowest BCUT2D eigenvalue weighted by molar-refractivity contribution is -0.154. The number of hydrogen-bond acceptors (Lipinski definition) is 4. The summed E-state index contributed by atoms with van der Waals surface area (Å²) in [4.78, 5) is 38.1. The number of rotatable bonds is 3. The molecule has 0 aromatic heterocycles. The van der Waals surface area contributed by atoms with Crippen LogP contribution in [0.1, 0.15) is 10.4 Å². The Morgan fingerprint density at radius 1 is 1.22 bits per heavy atom. The zero-order valence-electron chi connectivity index (χ0n) is 12.4. The number of carboxylic acid groups (broad SMARTS) is 1. The summed E-state index contributed by atoms with van der Waals surface area (Å²) in [6.45, 7) is 1.79. The van der Waals surface area contributed by atoms with E-state index in [0.717, 1.165) is 5.69 Å².